The van der Waals surface area contributed by atoms with E-state index in [4.69, 9.17) is 0 Å². The molecule has 1 aromatic heterocycles. The van der Waals surface area contributed by atoms with Crippen molar-refractivity contribution in [2.75, 3.05) is 6.54 Å². The van der Waals surface area contributed by atoms with Gasteiger partial charge in [-0.05, 0) is 31.7 Å². The van der Waals surface area contributed by atoms with Crippen LogP contribution in [0.25, 0.3) is 0 Å². The van der Waals surface area contributed by atoms with Crippen molar-refractivity contribution in [1.82, 2.24) is 14.9 Å². The summed E-state index contributed by atoms with van der Waals surface area (Å²) in [6, 6.07) is 0.404. The van der Waals surface area contributed by atoms with Crippen molar-refractivity contribution in [1.29, 1.82) is 0 Å². The van der Waals surface area contributed by atoms with E-state index < -0.39 is 0 Å². The number of hydrogen-bond acceptors (Lipinski definition) is 2. The molecule has 0 fully saturated rings. The molecule has 1 N–H and O–H groups in total. The second-order valence-corrected chi connectivity index (χ2v) is 5.23. The molecule has 0 aliphatic rings. The number of hydrogen-bond donors (Lipinski definition) is 1. The van der Waals surface area contributed by atoms with E-state index in [0.29, 0.717) is 6.04 Å². The maximum atomic E-state index is 4.58. The Morgan fingerprint density at radius 1 is 1.28 bits per heavy atom. The van der Waals surface area contributed by atoms with Gasteiger partial charge in [-0.25, -0.2) is 4.98 Å². The third-order valence-electron chi connectivity index (χ3n) is 3.50. The standard InChI is InChI=1S/C15H29N3/c1-5-8-16-14(12-13(4)7-3)15-17-9-11-18(15)10-6-2/h9,11,13-14,16H,5-8,10,12H2,1-4H3. The highest BCUT2D eigenvalue weighted by Crippen LogP contribution is 2.22. The first-order valence-corrected chi connectivity index (χ1v) is 7.47. The first kappa shape index (κ1) is 15.2. The summed E-state index contributed by atoms with van der Waals surface area (Å²) in [5.41, 5.74) is 0. The number of aryl methyl sites for hydroxylation is 1. The van der Waals surface area contributed by atoms with Crippen molar-refractivity contribution >= 4 is 0 Å². The SMILES string of the molecule is CCCNC(CC(C)CC)c1nccn1CCC. The van der Waals surface area contributed by atoms with Crippen LogP contribution in [0.5, 0.6) is 0 Å². The van der Waals surface area contributed by atoms with E-state index >= 15 is 0 Å². The van der Waals surface area contributed by atoms with E-state index in [1.54, 1.807) is 0 Å². The molecule has 0 bridgehead atoms. The molecule has 3 nitrogen and oxygen atoms in total. The van der Waals surface area contributed by atoms with Gasteiger partial charge in [-0.1, -0.05) is 34.1 Å². The first-order chi connectivity index (χ1) is 8.72. The summed E-state index contributed by atoms with van der Waals surface area (Å²) in [7, 11) is 0. The number of rotatable bonds is 9. The fraction of sp³-hybridized carbons (Fsp3) is 0.800. The lowest BCUT2D eigenvalue weighted by atomic mass is 9.98. The average molecular weight is 251 g/mol. The molecular weight excluding hydrogens is 222 g/mol. The van der Waals surface area contributed by atoms with Crippen molar-refractivity contribution in [3.8, 4) is 0 Å². The molecule has 1 heterocycles. The topological polar surface area (TPSA) is 29.9 Å². The van der Waals surface area contributed by atoms with E-state index in [-0.39, 0.29) is 0 Å². The van der Waals surface area contributed by atoms with Gasteiger partial charge >= 0.3 is 0 Å². The lowest BCUT2D eigenvalue weighted by Gasteiger charge is -2.22. The molecule has 2 atom stereocenters. The predicted molar refractivity (Wildman–Crippen MR) is 77.6 cm³/mol. The van der Waals surface area contributed by atoms with Crippen molar-refractivity contribution in [3.05, 3.63) is 18.2 Å². The Hall–Kier alpha value is -0.830. The van der Waals surface area contributed by atoms with E-state index in [2.05, 4.69) is 48.8 Å². The van der Waals surface area contributed by atoms with E-state index in [1.807, 2.05) is 6.20 Å². The Morgan fingerprint density at radius 2 is 2.06 bits per heavy atom. The lowest BCUT2D eigenvalue weighted by Crippen LogP contribution is -2.27. The Labute approximate surface area is 112 Å². The number of nitrogens with zero attached hydrogens (tertiary/aromatic N) is 2. The summed E-state index contributed by atoms with van der Waals surface area (Å²) in [5.74, 6) is 1.96. The second kappa shape index (κ2) is 8.30. The molecule has 0 radical (unpaired) electrons. The van der Waals surface area contributed by atoms with E-state index in [1.165, 1.54) is 25.1 Å². The molecule has 104 valence electrons. The monoisotopic (exact) mass is 251 g/mol. The normalized spacial score (nSPS) is 14.7. The molecular formula is C15H29N3. The maximum Gasteiger partial charge on any atom is 0.125 e. The largest absolute Gasteiger partial charge is 0.334 e. The smallest absolute Gasteiger partial charge is 0.125 e. The fourth-order valence-corrected chi connectivity index (χ4v) is 2.23. The van der Waals surface area contributed by atoms with E-state index in [9.17, 15) is 0 Å². The molecule has 0 spiro atoms. The molecule has 0 aliphatic heterocycles. The van der Waals surface area contributed by atoms with Gasteiger partial charge < -0.3 is 9.88 Å². The third-order valence-corrected chi connectivity index (χ3v) is 3.50. The van der Waals surface area contributed by atoms with E-state index in [0.717, 1.165) is 25.4 Å². The Balaban J connectivity index is 2.76. The van der Waals surface area contributed by atoms with Crippen LogP contribution < -0.4 is 5.32 Å². The predicted octanol–water partition coefficient (Wildman–Crippen LogP) is 3.77. The average Bonchev–Trinajstić information content (AvgIpc) is 2.82. The minimum absolute atomic E-state index is 0.404. The van der Waals surface area contributed by atoms with Crippen molar-refractivity contribution in [2.45, 2.75) is 66.0 Å². The summed E-state index contributed by atoms with van der Waals surface area (Å²) in [6.45, 7) is 11.2. The third kappa shape index (κ3) is 4.45. The summed E-state index contributed by atoms with van der Waals surface area (Å²) in [5, 5.41) is 3.65. The minimum Gasteiger partial charge on any atom is -0.334 e. The number of imidazole rings is 1. The van der Waals surface area contributed by atoms with Crippen LogP contribution in [-0.2, 0) is 6.54 Å². The van der Waals surface area contributed by atoms with Crippen LogP contribution in [0.1, 0.15) is 65.2 Å². The van der Waals surface area contributed by atoms with Crippen LogP contribution in [0.2, 0.25) is 0 Å². The van der Waals surface area contributed by atoms with Gasteiger partial charge in [-0.15, -0.1) is 0 Å². The van der Waals surface area contributed by atoms with Crippen LogP contribution in [0.15, 0.2) is 12.4 Å². The minimum atomic E-state index is 0.404. The highest BCUT2D eigenvalue weighted by atomic mass is 15.1. The summed E-state index contributed by atoms with van der Waals surface area (Å²) in [6.07, 6.45) is 8.78. The molecule has 1 aromatic rings. The van der Waals surface area contributed by atoms with Gasteiger partial charge in [0, 0.05) is 18.9 Å². The van der Waals surface area contributed by atoms with Gasteiger partial charge in [-0.3, -0.25) is 0 Å². The van der Waals surface area contributed by atoms with Gasteiger partial charge in [0.2, 0.25) is 0 Å². The van der Waals surface area contributed by atoms with Gasteiger partial charge in [0.25, 0.3) is 0 Å². The fourth-order valence-electron chi connectivity index (χ4n) is 2.23. The zero-order chi connectivity index (χ0) is 13.4. The first-order valence-electron chi connectivity index (χ1n) is 7.47. The molecule has 3 heteroatoms. The Kier molecular flexibility index (Phi) is 7.02. The lowest BCUT2D eigenvalue weighted by molar-refractivity contribution is 0.378. The van der Waals surface area contributed by atoms with Crippen molar-refractivity contribution < 1.29 is 0 Å². The molecule has 0 saturated heterocycles. The van der Waals surface area contributed by atoms with Gasteiger partial charge in [0.05, 0.1) is 6.04 Å². The Morgan fingerprint density at radius 3 is 2.67 bits per heavy atom. The molecule has 0 amide bonds. The van der Waals surface area contributed by atoms with Crippen LogP contribution in [0, 0.1) is 5.92 Å². The molecule has 0 aliphatic carbocycles. The van der Waals surface area contributed by atoms with Crippen LogP contribution in [0.4, 0.5) is 0 Å². The number of aromatic nitrogens is 2. The second-order valence-electron chi connectivity index (χ2n) is 5.23. The van der Waals surface area contributed by atoms with Crippen molar-refractivity contribution in [3.63, 3.8) is 0 Å². The molecule has 0 aromatic carbocycles. The summed E-state index contributed by atoms with van der Waals surface area (Å²) >= 11 is 0. The molecule has 18 heavy (non-hydrogen) atoms. The Bertz CT molecular complexity index is 319. The molecule has 1 rings (SSSR count). The van der Waals surface area contributed by atoms with Gasteiger partial charge in [0.15, 0.2) is 0 Å². The molecule has 2 unspecified atom stereocenters. The highest BCUT2D eigenvalue weighted by molar-refractivity contribution is 5.00. The summed E-state index contributed by atoms with van der Waals surface area (Å²) < 4.78 is 2.30. The zero-order valence-electron chi connectivity index (χ0n) is 12.4. The van der Waals surface area contributed by atoms with Crippen LogP contribution >= 0.6 is 0 Å². The summed E-state index contributed by atoms with van der Waals surface area (Å²) in [4.78, 5) is 4.58. The zero-order valence-corrected chi connectivity index (χ0v) is 12.4. The van der Waals surface area contributed by atoms with Crippen LogP contribution in [-0.4, -0.2) is 16.1 Å². The highest BCUT2D eigenvalue weighted by Gasteiger charge is 2.18. The van der Waals surface area contributed by atoms with Crippen LogP contribution in [0.3, 0.4) is 0 Å². The quantitative estimate of drug-likeness (QED) is 0.724. The maximum absolute atomic E-state index is 4.58. The van der Waals surface area contributed by atoms with Gasteiger partial charge in [-0.2, -0.15) is 0 Å². The number of nitrogens with one attached hydrogen (secondary N) is 1. The van der Waals surface area contributed by atoms with Gasteiger partial charge in [0.1, 0.15) is 5.82 Å². The molecule has 0 saturated carbocycles. The van der Waals surface area contributed by atoms with Crippen molar-refractivity contribution in [2.24, 2.45) is 5.92 Å².